The Bertz CT molecular complexity index is 417. The molecule has 0 unspecified atom stereocenters. The van der Waals surface area contributed by atoms with Crippen LogP contribution in [0.2, 0.25) is 0 Å². The van der Waals surface area contributed by atoms with E-state index >= 15 is 0 Å². The van der Waals surface area contributed by atoms with Gasteiger partial charge in [0.25, 0.3) is 0 Å². The van der Waals surface area contributed by atoms with Crippen molar-refractivity contribution in [3.05, 3.63) is 35.4 Å². The summed E-state index contributed by atoms with van der Waals surface area (Å²) in [7, 11) is 1.59. The number of rotatable bonds is 5. The van der Waals surface area contributed by atoms with Crippen LogP contribution in [-0.2, 0) is 11.3 Å². The van der Waals surface area contributed by atoms with E-state index in [1.807, 2.05) is 0 Å². The third-order valence-corrected chi connectivity index (χ3v) is 2.29. The van der Waals surface area contributed by atoms with Crippen molar-refractivity contribution < 1.29 is 19.4 Å². The quantitative estimate of drug-likeness (QED) is 0.790. The molecule has 0 spiro atoms. The van der Waals surface area contributed by atoms with Crippen LogP contribution in [0.15, 0.2) is 24.3 Å². The van der Waals surface area contributed by atoms with Crippen LogP contribution in [0.1, 0.15) is 15.9 Å². The molecule has 0 aliphatic carbocycles. The highest BCUT2D eigenvalue weighted by atomic mass is 16.6. The Kier molecular flexibility index (Phi) is 5.13. The number of nitrogens with two attached hydrogens (primary N) is 1. The number of carbonyl (C=O) groups excluding carboxylic acids is 2. The van der Waals surface area contributed by atoms with E-state index in [1.54, 1.807) is 31.3 Å². The fourth-order valence-electron chi connectivity index (χ4n) is 1.36. The molecular formula is C12H16N2O4. The van der Waals surface area contributed by atoms with Crippen molar-refractivity contribution in [3.63, 3.8) is 0 Å². The third-order valence-electron chi connectivity index (χ3n) is 2.29. The molecule has 0 saturated carbocycles. The van der Waals surface area contributed by atoms with Gasteiger partial charge in [0.1, 0.15) is 6.61 Å². The van der Waals surface area contributed by atoms with Crippen molar-refractivity contribution in [1.82, 2.24) is 4.90 Å². The second-order valence-electron chi connectivity index (χ2n) is 3.76. The first-order chi connectivity index (χ1) is 8.54. The van der Waals surface area contributed by atoms with Gasteiger partial charge in [-0.25, -0.2) is 4.79 Å². The third kappa shape index (κ3) is 4.06. The average Bonchev–Trinajstić information content (AvgIpc) is 2.36. The Balaban J connectivity index is 2.56. The number of hydrogen-bond acceptors (Lipinski definition) is 4. The van der Waals surface area contributed by atoms with Gasteiger partial charge >= 0.3 is 6.09 Å². The van der Waals surface area contributed by atoms with Crippen molar-refractivity contribution in [2.75, 3.05) is 20.3 Å². The molecule has 3 N–H and O–H groups in total. The molecular weight excluding hydrogens is 236 g/mol. The predicted molar refractivity (Wildman–Crippen MR) is 64.9 cm³/mol. The maximum atomic E-state index is 11.4. The van der Waals surface area contributed by atoms with Crippen LogP contribution in [0.5, 0.6) is 0 Å². The summed E-state index contributed by atoms with van der Waals surface area (Å²) in [6, 6.07) is 6.64. The SMILES string of the molecule is CN(Cc1ccc(C(N)=O)cc1)C(=O)OCCO. The molecule has 6 nitrogen and oxygen atoms in total. The lowest BCUT2D eigenvalue weighted by Gasteiger charge is -2.16. The van der Waals surface area contributed by atoms with Crippen LogP contribution < -0.4 is 5.73 Å². The minimum atomic E-state index is -0.511. The lowest BCUT2D eigenvalue weighted by Crippen LogP contribution is -2.27. The van der Waals surface area contributed by atoms with Crippen molar-refractivity contribution in [1.29, 1.82) is 0 Å². The molecule has 18 heavy (non-hydrogen) atoms. The summed E-state index contributed by atoms with van der Waals surface area (Å²) in [5, 5.41) is 8.53. The smallest absolute Gasteiger partial charge is 0.409 e. The van der Waals surface area contributed by atoms with Gasteiger partial charge in [0.2, 0.25) is 5.91 Å². The standard InChI is InChI=1S/C12H16N2O4/c1-14(12(17)18-7-6-15)8-9-2-4-10(5-3-9)11(13)16/h2-5,15H,6-8H2,1H3,(H2,13,16). The zero-order valence-electron chi connectivity index (χ0n) is 10.1. The number of hydrogen-bond donors (Lipinski definition) is 2. The molecule has 0 bridgehead atoms. The fraction of sp³-hybridized carbons (Fsp3) is 0.333. The second-order valence-corrected chi connectivity index (χ2v) is 3.76. The molecule has 0 heterocycles. The molecule has 0 radical (unpaired) electrons. The first kappa shape index (κ1) is 14.0. The maximum absolute atomic E-state index is 11.4. The summed E-state index contributed by atoms with van der Waals surface area (Å²) in [4.78, 5) is 23.6. The molecule has 0 aromatic heterocycles. The van der Waals surface area contributed by atoms with Gasteiger partial charge in [-0.15, -0.1) is 0 Å². The fourth-order valence-corrected chi connectivity index (χ4v) is 1.36. The highest BCUT2D eigenvalue weighted by molar-refractivity contribution is 5.92. The molecule has 2 amide bonds. The van der Waals surface area contributed by atoms with E-state index < -0.39 is 12.0 Å². The van der Waals surface area contributed by atoms with E-state index in [9.17, 15) is 9.59 Å². The largest absolute Gasteiger partial charge is 0.447 e. The highest BCUT2D eigenvalue weighted by Gasteiger charge is 2.10. The zero-order valence-corrected chi connectivity index (χ0v) is 10.1. The number of carbonyl (C=O) groups is 2. The molecule has 98 valence electrons. The Morgan fingerprint density at radius 3 is 2.44 bits per heavy atom. The minimum absolute atomic E-state index is 0.0240. The summed E-state index contributed by atoms with van der Waals surface area (Å²) in [6.45, 7) is 0.125. The Labute approximate surface area is 105 Å². The summed E-state index contributed by atoms with van der Waals surface area (Å²) < 4.78 is 4.75. The van der Waals surface area contributed by atoms with Crippen molar-refractivity contribution >= 4 is 12.0 Å². The van der Waals surface area contributed by atoms with Gasteiger partial charge < -0.3 is 20.5 Å². The van der Waals surface area contributed by atoms with Gasteiger partial charge in [-0.3, -0.25) is 4.79 Å². The number of benzene rings is 1. The topological polar surface area (TPSA) is 92.9 Å². The molecule has 0 aliphatic rings. The van der Waals surface area contributed by atoms with Crippen molar-refractivity contribution in [2.45, 2.75) is 6.54 Å². The van der Waals surface area contributed by atoms with Gasteiger partial charge in [0.15, 0.2) is 0 Å². The van der Waals surface area contributed by atoms with Gasteiger partial charge in [0.05, 0.1) is 6.61 Å². The molecule has 0 fully saturated rings. The van der Waals surface area contributed by atoms with Gasteiger partial charge in [-0.2, -0.15) is 0 Å². The predicted octanol–water partition coefficient (Wildman–Crippen LogP) is 0.346. The minimum Gasteiger partial charge on any atom is -0.447 e. The maximum Gasteiger partial charge on any atom is 0.409 e. The van der Waals surface area contributed by atoms with E-state index in [0.29, 0.717) is 12.1 Å². The average molecular weight is 252 g/mol. The molecule has 1 rings (SSSR count). The Morgan fingerprint density at radius 1 is 1.33 bits per heavy atom. The Morgan fingerprint density at radius 2 is 1.94 bits per heavy atom. The normalized spacial score (nSPS) is 9.89. The van der Waals surface area contributed by atoms with Gasteiger partial charge in [-0.1, -0.05) is 12.1 Å². The van der Waals surface area contributed by atoms with Crippen LogP contribution in [-0.4, -0.2) is 42.3 Å². The number of primary amides is 1. The van der Waals surface area contributed by atoms with E-state index in [4.69, 9.17) is 15.6 Å². The number of nitrogens with zero attached hydrogens (tertiary/aromatic N) is 1. The van der Waals surface area contributed by atoms with E-state index in [0.717, 1.165) is 5.56 Å². The molecule has 1 aromatic carbocycles. The first-order valence-corrected chi connectivity index (χ1v) is 5.42. The monoisotopic (exact) mass is 252 g/mol. The molecule has 0 atom stereocenters. The van der Waals surface area contributed by atoms with Crippen LogP contribution in [0.3, 0.4) is 0 Å². The summed E-state index contributed by atoms with van der Waals surface area (Å²) in [5.41, 5.74) is 6.39. The zero-order chi connectivity index (χ0) is 13.5. The number of amides is 2. The summed E-state index contributed by atoms with van der Waals surface area (Å²) in [6.07, 6.45) is -0.511. The van der Waals surface area contributed by atoms with E-state index in [-0.39, 0.29) is 13.2 Å². The van der Waals surface area contributed by atoms with Crippen molar-refractivity contribution in [3.8, 4) is 0 Å². The summed E-state index contributed by atoms with van der Waals surface area (Å²) in [5.74, 6) is -0.489. The Hall–Kier alpha value is -2.08. The van der Waals surface area contributed by atoms with Crippen LogP contribution in [0.25, 0.3) is 0 Å². The van der Waals surface area contributed by atoms with Crippen LogP contribution in [0.4, 0.5) is 4.79 Å². The highest BCUT2D eigenvalue weighted by Crippen LogP contribution is 2.07. The second kappa shape index (κ2) is 6.61. The van der Waals surface area contributed by atoms with Crippen LogP contribution >= 0.6 is 0 Å². The van der Waals surface area contributed by atoms with Gasteiger partial charge in [0, 0.05) is 19.2 Å². The lowest BCUT2D eigenvalue weighted by molar-refractivity contribution is 0.0893. The van der Waals surface area contributed by atoms with E-state index in [2.05, 4.69) is 0 Å². The molecule has 0 saturated heterocycles. The van der Waals surface area contributed by atoms with E-state index in [1.165, 1.54) is 4.90 Å². The molecule has 1 aromatic rings. The number of aliphatic hydroxyl groups excluding tert-OH is 1. The van der Waals surface area contributed by atoms with Crippen molar-refractivity contribution in [2.24, 2.45) is 5.73 Å². The first-order valence-electron chi connectivity index (χ1n) is 5.42. The summed E-state index contributed by atoms with van der Waals surface area (Å²) >= 11 is 0. The van der Waals surface area contributed by atoms with Crippen LogP contribution in [0, 0.1) is 0 Å². The number of ether oxygens (including phenoxy) is 1. The number of aliphatic hydroxyl groups is 1. The molecule has 6 heteroatoms. The molecule has 0 aliphatic heterocycles. The van der Waals surface area contributed by atoms with Gasteiger partial charge in [-0.05, 0) is 17.7 Å². The lowest BCUT2D eigenvalue weighted by atomic mass is 10.1.